The first kappa shape index (κ1) is 11.7. The van der Waals surface area contributed by atoms with Crippen molar-refractivity contribution in [3.63, 3.8) is 0 Å². The van der Waals surface area contributed by atoms with Gasteiger partial charge in [-0.1, -0.05) is 0 Å². The van der Waals surface area contributed by atoms with Crippen LogP contribution in [-0.2, 0) is 4.79 Å². The van der Waals surface area contributed by atoms with E-state index in [0.717, 1.165) is 4.90 Å². The molecule has 76 valence electrons. The molecule has 0 heterocycles. The van der Waals surface area contributed by atoms with E-state index in [9.17, 15) is 9.59 Å². The van der Waals surface area contributed by atoms with Crippen LogP contribution in [0.4, 0.5) is 4.79 Å². The summed E-state index contributed by atoms with van der Waals surface area (Å²) in [6.07, 6.45) is -0.998. The Hall–Kier alpha value is -1.30. The number of hydrogen-bond donors (Lipinski definition) is 2. The van der Waals surface area contributed by atoms with Gasteiger partial charge in [0.05, 0.1) is 0 Å². The molecule has 2 amide bonds. The number of rotatable bonds is 4. The number of carboxylic acid groups (broad SMARTS) is 1. The fraction of sp³-hybridized carbons (Fsp3) is 0.714. The van der Waals surface area contributed by atoms with Gasteiger partial charge in [-0.2, -0.15) is 0 Å². The van der Waals surface area contributed by atoms with Gasteiger partial charge in [-0.3, -0.25) is 9.80 Å². The SMILES string of the molecule is CCN(C(N)=O)C(C(=O)O)N(C)C. The third kappa shape index (κ3) is 2.90. The Morgan fingerprint density at radius 1 is 1.46 bits per heavy atom. The molecule has 3 N–H and O–H groups in total. The van der Waals surface area contributed by atoms with E-state index in [4.69, 9.17) is 10.8 Å². The standard InChI is InChI=1S/C7H15N3O3/c1-4-10(7(8)13)5(6(11)12)9(2)3/h5H,4H2,1-3H3,(H2,8,13)(H,11,12). The van der Waals surface area contributed by atoms with Crippen molar-refractivity contribution in [1.82, 2.24) is 9.80 Å². The van der Waals surface area contributed by atoms with Crippen LogP contribution in [0.15, 0.2) is 0 Å². The highest BCUT2D eigenvalue weighted by Crippen LogP contribution is 2.02. The smallest absolute Gasteiger partial charge is 0.341 e. The highest BCUT2D eigenvalue weighted by molar-refractivity contribution is 5.81. The molecule has 13 heavy (non-hydrogen) atoms. The van der Waals surface area contributed by atoms with Gasteiger partial charge in [0.1, 0.15) is 0 Å². The largest absolute Gasteiger partial charge is 0.479 e. The van der Waals surface area contributed by atoms with E-state index in [1.165, 1.54) is 4.90 Å². The highest BCUT2D eigenvalue weighted by Gasteiger charge is 2.28. The van der Waals surface area contributed by atoms with Crippen molar-refractivity contribution in [1.29, 1.82) is 0 Å². The number of carboxylic acids is 1. The van der Waals surface area contributed by atoms with E-state index in [1.807, 2.05) is 0 Å². The van der Waals surface area contributed by atoms with Gasteiger partial charge in [-0.15, -0.1) is 0 Å². The van der Waals surface area contributed by atoms with E-state index < -0.39 is 18.2 Å². The predicted octanol–water partition coefficient (Wildman–Crippen LogP) is -0.641. The fourth-order valence-corrected chi connectivity index (χ4v) is 1.08. The Morgan fingerprint density at radius 3 is 2.00 bits per heavy atom. The van der Waals surface area contributed by atoms with Crippen molar-refractivity contribution in [2.45, 2.75) is 13.1 Å². The molecule has 0 aliphatic carbocycles. The number of urea groups is 1. The molecule has 6 heteroatoms. The summed E-state index contributed by atoms with van der Waals surface area (Å²) in [7, 11) is 3.15. The lowest BCUT2D eigenvalue weighted by Crippen LogP contribution is -2.54. The number of hydrogen-bond acceptors (Lipinski definition) is 3. The minimum absolute atomic E-state index is 0.268. The molecule has 0 radical (unpaired) electrons. The summed E-state index contributed by atoms with van der Waals surface area (Å²) in [6, 6.07) is -0.733. The minimum atomic E-state index is -1.09. The maximum Gasteiger partial charge on any atom is 0.341 e. The van der Waals surface area contributed by atoms with Gasteiger partial charge >= 0.3 is 12.0 Å². The van der Waals surface area contributed by atoms with Gasteiger partial charge in [0.25, 0.3) is 0 Å². The monoisotopic (exact) mass is 189 g/mol. The third-order valence-electron chi connectivity index (χ3n) is 1.63. The van der Waals surface area contributed by atoms with Gasteiger partial charge in [0, 0.05) is 6.54 Å². The van der Waals surface area contributed by atoms with Crippen LogP contribution in [-0.4, -0.2) is 53.7 Å². The van der Waals surface area contributed by atoms with E-state index in [0.29, 0.717) is 0 Å². The van der Waals surface area contributed by atoms with Crippen molar-refractivity contribution >= 4 is 12.0 Å². The summed E-state index contributed by atoms with van der Waals surface area (Å²) in [5.74, 6) is -1.09. The van der Waals surface area contributed by atoms with E-state index in [-0.39, 0.29) is 6.54 Å². The zero-order chi connectivity index (χ0) is 10.6. The summed E-state index contributed by atoms with van der Waals surface area (Å²) in [4.78, 5) is 24.1. The zero-order valence-corrected chi connectivity index (χ0v) is 8.02. The van der Waals surface area contributed by atoms with Crippen molar-refractivity contribution in [3.05, 3.63) is 0 Å². The Morgan fingerprint density at radius 2 is 1.92 bits per heavy atom. The van der Waals surface area contributed by atoms with Crippen LogP contribution in [0.25, 0.3) is 0 Å². The van der Waals surface area contributed by atoms with Crippen LogP contribution in [0.1, 0.15) is 6.92 Å². The molecule has 0 spiro atoms. The second kappa shape index (κ2) is 4.66. The van der Waals surface area contributed by atoms with Crippen molar-refractivity contribution in [2.24, 2.45) is 5.73 Å². The average Bonchev–Trinajstić information content (AvgIpc) is 1.97. The second-order valence-corrected chi connectivity index (χ2v) is 2.80. The van der Waals surface area contributed by atoms with Gasteiger partial charge in [-0.25, -0.2) is 9.59 Å². The lowest BCUT2D eigenvalue weighted by molar-refractivity contribution is -0.147. The molecule has 0 bridgehead atoms. The number of amides is 2. The summed E-state index contributed by atoms with van der Waals surface area (Å²) in [5.41, 5.74) is 5.02. The summed E-state index contributed by atoms with van der Waals surface area (Å²) in [5, 5.41) is 8.80. The lowest BCUT2D eigenvalue weighted by Gasteiger charge is -2.30. The molecule has 0 aromatic carbocycles. The van der Waals surface area contributed by atoms with Gasteiger partial charge in [0.2, 0.25) is 0 Å². The Balaban J connectivity index is 4.69. The minimum Gasteiger partial charge on any atom is -0.479 e. The number of nitrogens with zero attached hydrogens (tertiary/aromatic N) is 2. The number of nitrogens with two attached hydrogens (primary N) is 1. The number of carbonyl (C=O) groups is 2. The quantitative estimate of drug-likeness (QED) is 0.576. The number of aliphatic carboxylic acids is 1. The molecular formula is C7H15N3O3. The first-order valence-electron chi connectivity index (χ1n) is 3.87. The lowest BCUT2D eigenvalue weighted by atomic mass is 10.4. The third-order valence-corrected chi connectivity index (χ3v) is 1.63. The molecule has 0 fully saturated rings. The zero-order valence-electron chi connectivity index (χ0n) is 8.02. The fourth-order valence-electron chi connectivity index (χ4n) is 1.08. The second-order valence-electron chi connectivity index (χ2n) is 2.80. The summed E-state index contributed by atoms with van der Waals surface area (Å²) in [6.45, 7) is 1.94. The maximum atomic E-state index is 10.8. The molecule has 0 aromatic rings. The predicted molar refractivity (Wildman–Crippen MR) is 47.1 cm³/mol. The van der Waals surface area contributed by atoms with E-state index >= 15 is 0 Å². The number of likely N-dealkylation sites (N-methyl/N-ethyl adjacent to an activating group) is 2. The Kier molecular flexibility index (Phi) is 4.19. The molecule has 0 saturated heterocycles. The van der Waals surface area contributed by atoms with E-state index in [1.54, 1.807) is 21.0 Å². The molecule has 0 saturated carbocycles. The molecule has 0 aliphatic heterocycles. The molecular weight excluding hydrogens is 174 g/mol. The molecule has 0 aromatic heterocycles. The van der Waals surface area contributed by atoms with Crippen LogP contribution in [0, 0.1) is 0 Å². The van der Waals surface area contributed by atoms with Crippen LogP contribution < -0.4 is 5.73 Å². The average molecular weight is 189 g/mol. The van der Waals surface area contributed by atoms with Gasteiger partial charge < -0.3 is 10.8 Å². The normalized spacial score (nSPS) is 12.6. The Bertz CT molecular complexity index is 205. The molecule has 1 unspecified atom stereocenters. The summed E-state index contributed by atoms with van der Waals surface area (Å²) >= 11 is 0. The number of carbonyl (C=O) groups excluding carboxylic acids is 1. The summed E-state index contributed by atoms with van der Waals surface area (Å²) < 4.78 is 0. The topological polar surface area (TPSA) is 86.9 Å². The van der Waals surface area contributed by atoms with Crippen molar-refractivity contribution in [2.75, 3.05) is 20.6 Å². The number of primary amides is 1. The van der Waals surface area contributed by atoms with Crippen molar-refractivity contribution < 1.29 is 14.7 Å². The molecule has 6 nitrogen and oxygen atoms in total. The first-order valence-corrected chi connectivity index (χ1v) is 3.87. The Labute approximate surface area is 76.9 Å². The van der Waals surface area contributed by atoms with Crippen LogP contribution in [0.5, 0.6) is 0 Å². The highest BCUT2D eigenvalue weighted by atomic mass is 16.4. The molecule has 0 aliphatic rings. The first-order chi connectivity index (χ1) is 5.91. The van der Waals surface area contributed by atoms with Gasteiger partial charge in [0.15, 0.2) is 6.17 Å². The van der Waals surface area contributed by atoms with Gasteiger partial charge in [-0.05, 0) is 21.0 Å². The van der Waals surface area contributed by atoms with Crippen LogP contribution in [0.2, 0.25) is 0 Å². The van der Waals surface area contributed by atoms with Crippen LogP contribution in [0.3, 0.4) is 0 Å². The van der Waals surface area contributed by atoms with Crippen molar-refractivity contribution in [3.8, 4) is 0 Å². The molecule has 1 atom stereocenters. The molecule has 0 rings (SSSR count). The maximum absolute atomic E-state index is 10.8. The van der Waals surface area contributed by atoms with Crippen LogP contribution >= 0.6 is 0 Å². The van der Waals surface area contributed by atoms with E-state index in [2.05, 4.69) is 0 Å².